The Balaban J connectivity index is 1.77. The molecular weight excluding hydrogens is 299 g/mol. The summed E-state index contributed by atoms with van der Waals surface area (Å²) in [4.78, 5) is 11.2. The molecule has 0 fully saturated rings. The van der Waals surface area contributed by atoms with Crippen LogP contribution in [0.2, 0.25) is 0 Å². The topological polar surface area (TPSA) is 79.1 Å². The highest BCUT2D eigenvalue weighted by atomic mass is 32.2. The Morgan fingerprint density at radius 1 is 1.38 bits per heavy atom. The predicted octanol–water partition coefficient (Wildman–Crippen LogP) is 1.16. The van der Waals surface area contributed by atoms with E-state index in [1.807, 2.05) is 0 Å². The quantitative estimate of drug-likeness (QED) is 0.431. The van der Waals surface area contributed by atoms with Gasteiger partial charge in [0.2, 0.25) is 5.16 Å². The van der Waals surface area contributed by atoms with E-state index in [9.17, 15) is 9.18 Å². The zero-order valence-electron chi connectivity index (χ0n) is 11.2. The zero-order chi connectivity index (χ0) is 15.1. The van der Waals surface area contributed by atoms with Gasteiger partial charge in [0, 0.05) is 5.75 Å². The summed E-state index contributed by atoms with van der Waals surface area (Å²) in [6, 6.07) is 5.78. The minimum Gasteiger partial charge on any atom is -0.493 e. The standard InChI is InChI=1S/C12H13FN4O3S/c1-19-11(18)8-17-12(14-15-16-17)21-7-6-20-10-4-2-9(13)3-5-10/h2-5H,6-8H2,1H3. The van der Waals surface area contributed by atoms with Crippen LogP contribution in [0.4, 0.5) is 4.39 Å². The van der Waals surface area contributed by atoms with Gasteiger partial charge in [0.25, 0.3) is 0 Å². The smallest absolute Gasteiger partial charge is 0.327 e. The number of hydrogen-bond donors (Lipinski definition) is 0. The highest BCUT2D eigenvalue weighted by Gasteiger charge is 2.10. The monoisotopic (exact) mass is 312 g/mol. The molecule has 0 amide bonds. The highest BCUT2D eigenvalue weighted by Crippen LogP contribution is 2.15. The fourth-order valence-corrected chi connectivity index (χ4v) is 2.10. The molecule has 0 aliphatic carbocycles. The molecule has 0 unspecified atom stereocenters. The van der Waals surface area contributed by atoms with Crippen LogP contribution in [0.5, 0.6) is 5.75 Å². The lowest BCUT2D eigenvalue weighted by molar-refractivity contribution is -0.141. The van der Waals surface area contributed by atoms with E-state index in [4.69, 9.17) is 4.74 Å². The van der Waals surface area contributed by atoms with Gasteiger partial charge in [-0.1, -0.05) is 11.8 Å². The average Bonchev–Trinajstić information content (AvgIpc) is 2.92. The molecule has 0 saturated heterocycles. The number of hydrogen-bond acceptors (Lipinski definition) is 7. The van der Waals surface area contributed by atoms with Crippen LogP contribution in [0.25, 0.3) is 0 Å². The van der Waals surface area contributed by atoms with Crippen molar-refractivity contribution in [2.75, 3.05) is 19.5 Å². The van der Waals surface area contributed by atoms with Crippen molar-refractivity contribution in [3.05, 3.63) is 30.1 Å². The minimum atomic E-state index is -0.424. The third-order valence-electron chi connectivity index (χ3n) is 2.40. The summed E-state index contributed by atoms with van der Waals surface area (Å²) in [5.41, 5.74) is 0. The van der Waals surface area contributed by atoms with Crippen molar-refractivity contribution in [2.24, 2.45) is 0 Å². The Bertz CT molecular complexity index is 590. The molecule has 0 aliphatic heterocycles. The Morgan fingerprint density at radius 2 is 2.14 bits per heavy atom. The van der Waals surface area contributed by atoms with Gasteiger partial charge < -0.3 is 9.47 Å². The number of benzene rings is 1. The molecule has 0 bridgehead atoms. The van der Waals surface area contributed by atoms with Crippen LogP contribution in [0.1, 0.15) is 0 Å². The summed E-state index contributed by atoms with van der Waals surface area (Å²) in [6.45, 7) is 0.367. The van der Waals surface area contributed by atoms with Crippen LogP contribution in [0.15, 0.2) is 29.4 Å². The fourth-order valence-electron chi connectivity index (χ4n) is 1.41. The minimum absolute atomic E-state index is 0.0371. The van der Waals surface area contributed by atoms with Crippen LogP contribution < -0.4 is 4.74 Å². The molecule has 2 aromatic rings. The Labute approximate surface area is 124 Å². The van der Waals surface area contributed by atoms with Gasteiger partial charge in [-0.3, -0.25) is 4.79 Å². The second-order valence-electron chi connectivity index (χ2n) is 3.85. The van der Waals surface area contributed by atoms with Crippen molar-refractivity contribution in [1.82, 2.24) is 20.2 Å². The van der Waals surface area contributed by atoms with Gasteiger partial charge in [0.15, 0.2) is 0 Å². The number of nitrogens with zero attached hydrogens (tertiary/aromatic N) is 4. The number of rotatable bonds is 7. The lowest BCUT2D eigenvalue weighted by Gasteiger charge is -2.06. The van der Waals surface area contributed by atoms with Crippen molar-refractivity contribution in [2.45, 2.75) is 11.7 Å². The number of methoxy groups -OCH3 is 1. The molecule has 112 valence electrons. The predicted molar refractivity (Wildman–Crippen MR) is 72.5 cm³/mol. The molecule has 7 nitrogen and oxygen atoms in total. The number of esters is 1. The first kappa shape index (κ1) is 15.2. The Hall–Kier alpha value is -2.16. The van der Waals surface area contributed by atoms with E-state index >= 15 is 0 Å². The van der Waals surface area contributed by atoms with Gasteiger partial charge in [-0.05, 0) is 34.7 Å². The molecule has 9 heteroatoms. The van der Waals surface area contributed by atoms with Crippen LogP contribution in [0.3, 0.4) is 0 Å². The van der Waals surface area contributed by atoms with Crippen molar-refractivity contribution in [3.63, 3.8) is 0 Å². The van der Waals surface area contributed by atoms with Gasteiger partial charge in [-0.2, -0.15) is 0 Å². The number of thioether (sulfide) groups is 1. The number of carbonyl (C=O) groups is 1. The Kier molecular flexibility index (Phi) is 5.50. The number of ether oxygens (including phenoxy) is 2. The summed E-state index contributed by atoms with van der Waals surface area (Å²) in [5.74, 6) is 0.440. The first-order chi connectivity index (χ1) is 10.2. The lowest BCUT2D eigenvalue weighted by atomic mass is 10.3. The van der Waals surface area contributed by atoms with Crippen molar-refractivity contribution in [3.8, 4) is 5.75 Å². The van der Waals surface area contributed by atoms with Gasteiger partial charge in [-0.15, -0.1) is 5.10 Å². The SMILES string of the molecule is COC(=O)Cn1nnnc1SCCOc1ccc(F)cc1. The molecule has 0 spiro atoms. The molecule has 1 heterocycles. The molecule has 0 atom stereocenters. The maximum atomic E-state index is 12.7. The first-order valence-electron chi connectivity index (χ1n) is 6.03. The van der Waals surface area contributed by atoms with Crippen LogP contribution in [0, 0.1) is 5.82 Å². The maximum Gasteiger partial charge on any atom is 0.327 e. The second kappa shape index (κ2) is 7.58. The lowest BCUT2D eigenvalue weighted by Crippen LogP contribution is -2.14. The normalized spacial score (nSPS) is 10.4. The molecule has 2 rings (SSSR count). The molecule has 1 aromatic carbocycles. The van der Waals surface area contributed by atoms with Gasteiger partial charge in [0.1, 0.15) is 18.1 Å². The number of tetrazole rings is 1. The summed E-state index contributed by atoms with van der Waals surface area (Å²) in [7, 11) is 1.30. The second-order valence-corrected chi connectivity index (χ2v) is 4.91. The Morgan fingerprint density at radius 3 is 2.86 bits per heavy atom. The summed E-state index contributed by atoms with van der Waals surface area (Å²) >= 11 is 1.35. The van der Waals surface area contributed by atoms with Gasteiger partial charge >= 0.3 is 5.97 Å². The molecule has 21 heavy (non-hydrogen) atoms. The van der Waals surface area contributed by atoms with E-state index in [1.165, 1.54) is 35.7 Å². The molecule has 0 radical (unpaired) electrons. The highest BCUT2D eigenvalue weighted by molar-refractivity contribution is 7.99. The maximum absolute atomic E-state index is 12.7. The zero-order valence-corrected chi connectivity index (χ0v) is 12.0. The van der Waals surface area contributed by atoms with Crippen molar-refractivity contribution in [1.29, 1.82) is 0 Å². The van der Waals surface area contributed by atoms with E-state index in [0.29, 0.717) is 23.3 Å². The van der Waals surface area contributed by atoms with Crippen molar-refractivity contribution < 1.29 is 18.7 Å². The van der Waals surface area contributed by atoms with Crippen LogP contribution in [-0.4, -0.2) is 45.6 Å². The number of carbonyl (C=O) groups excluding carboxylic acids is 1. The van der Waals surface area contributed by atoms with E-state index in [0.717, 1.165) is 0 Å². The third kappa shape index (κ3) is 4.71. The third-order valence-corrected chi connectivity index (χ3v) is 3.32. The van der Waals surface area contributed by atoms with Gasteiger partial charge in [-0.25, -0.2) is 9.07 Å². The fraction of sp³-hybridized carbons (Fsp3) is 0.333. The van der Waals surface area contributed by atoms with Crippen LogP contribution >= 0.6 is 11.8 Å². The average molecular weight is 312 g/mol. The molecular formula is C12H13FN4O3S. The van der Waals surface area contributed by atoms with E-state index in [-0.39, 0.29) is 12.4 Å². The van der Waals surface area contributed by atoms with E-state index < -0.39 is 5.97 Å². The molecule has 1 aromatic heterocycles. The van der Waals surface area contributed by atoms with E-state index in [2.05, 4.69) is 20.3 Å². The summed E-state index contributed by atoms with van der Waals surface area (Å²) < 4.78 is 24.1. The summed E-state index contributed by atoms with van der Waals surface area (Å²) in [6.07, 6.45) is 0. The molecule has 0 saturated carbocycles. The van der Waals surface area contributed by atoms with E-state index in [1.54, 1.807) is 12.1 Å². The summed E-state index contributed by atoms with van der Waals surface area (Å²) in [5, 5.41) is 11.5. The molecule has 0 aliphatic rings. The van der Waals surface area contributed by atoms with Crippen molar-refractivity contribution >= 4 is 17.7 Å². The number of halogens is 1. The molecule has 0 N–H and O–H groups in total. The number of aromatic nitrogens is 4. The van der Waals surface area contributed by atoms with Gasteiger partial charge in [0.05, 0.1) is 13.7 Å². The first-order valence-corrected chi connectivity index (χ1v) is 7.02. The van der Waals surface area contributed by atoms with Crippen LogP contribution in [-0.2, 0) is 16.1 Å². The largest absolute Gasteiger partial charge is 0.493 e.